The maximum absolute atomic E-state index is 15.7. The van der Waals surface area contributed by atoms with Crippen molar-refractivity contribution in [3.05, 3.63) is 101 Å². The zero-order valence-electron chi connectivity index (χ0n) is 22.9. The molecule has 2 aromatic carbocycles. The molecule has 42 heavy (non-hydrogen) atoms. The largest absolute Gasteiger partial charge is 0.443 e. The summed E-state index contributed by atoms with van der Waals surface area (Å²) in [5.74, 6) is 0.00160. The van der Waals surface area contributed by atoms with Gasteiger partial charge in [-0.05, 0) is 55.8 Å². The Morgan fingerprint density at radius 3 is 2.69 bits per heavy atom. The Morgan fingerprint density at radius 1 is 1.12 bits per heavy atom. The maximum atomic E-state index is 15.7. The van der Waals surface area contributed by atoms with Crippen molar-refractivity contribution < 1.29 is 23.4 Å². The van der Waals surface area contributed by atoms with E-state index in [0.717, 1.165) is 24.1 Å². The molecule has 0 bridgehead atoms. The van der Waals surface area contributed by atoms with Gasteiger partial charge in [-0.3, -0.25) is 14.8 Å². The van der Waals surface area contributed by atoms with Gasteiger partial charge in [-0.2, -0.15) is 0 Å². The van der Waals surface area contributed by atoms with E-state index in [2.05, 4.69) is 9.97 Å². The second-order valence-corrected chi connectivity index (χ2v) is 11.1. The van der Waals surface area contributed by atoms with Gasteiger partial charge in [-0.15, -0.1) is 0 Å². The monoisotopic (exact) mass is 584 g/mol. The van der Waals surface area contributed by atoms with Crippen LogP contribution >= 0.6 is 11.6 Å². The average Bonchev–Trinajstić information content (AvgIpc) is 3.48. The average molecular weight is 585 g/mol. The number of rotatable bonds is 7. The highest BCUT2D eigenvalue weighted by Gasteiger charge is 2.41. The number of hydrogen-bond acceptors (Lipinski definition) is 7. The summed E-state index contributed by atoms with van der Waals surface area (Å²) >= 11 is 6.01. The molecule has 1 unspecified atom stereocenters. The van der Waals surface area contributed by atoms with Gasteiger partial charge in [0.15, 0.2) is 17.3 Å². The Balaban J connectivity index is 1.20. The van der Waals surface area contributed by atoms with Crippen LogP contribution in [0, 0.1) is 5.82 Å². The van der Waals surface area contributed by atoms with E-state index >= 15 is 4.39 Å². The van der Waals surface area contributed by atoms with Crippen molar-refractivity contribution in [2.45, 2.75) is 45.1 Å². The number of fused-ring (bicyclic) bond motifs is 2. The first-order valence-electron chi connectivity index (χ1n) is 13.7. The standard InChI is InChI=1S/C32H26ClFN4O4/c1-18(39)19-6-8-25-27(13-19)38(17-22-10-11-40-22)30(37-25)14-26-24(34)12-20(15-35-26)23-4-3-5-28-31(23)42-32(2,41-28)29-9-7-21(33)16-36-29/h3-9,12-13,15-16,22H,10-11,14,17H2,1-2H3/t22-,32?/m0/s1. The van der Waals surface area contributed by atoms with E-state index in [9.17, 15) is 4.79 Å². The number of Topliss-reactive ketones (excluding diaryl/α,β-unsaturated/α-hetero) is 1. The number of hydrogen-bond donors (Lipinski definition) is 0. The second kappa shape index (κ2) is 10.2. The number of pyridine rings is 2. The third-order valence-corrected chi connectivity index (χ3v) is 7.96. The predicted octanol–water partition coefficient (Wildman–Crippen LogP) is 6.51. The molecule has 0 N–H and O–H groups in total. The van der Waals surface area contributed by atoms with Gasteiger partial charge in [0.1, 0.15) is 17.3 Å². The molecule has 8 nitrogen and oxygen atoms in total. The first-order chi connectivity index (χ1) is 20.3. The number of ether oxygens (including phenoxy) is 3. The summed E-state index contributed by atoms with van der Waals surface area (Å²) in [5.41, 5.74) is 4.17. The maximum Gasteiger partial charge on any atom is 0.292 e. The number of carbonyl (C=O) groups excluding carboxylic acids is 1. The summed E-state index contributed by atoms with van der Waals surface area (Å²) in [6.45, 7) is 4.60. The fraction of sp³-hybridized carbons (Fsp3) is 0.250. The number of halogens is 2. The quantitative estimate of drug-likeness (QED) is 0.201. The lowest BCUT2D eigenvalue weighted by Gasteiger charge is -2.27. The topological polar surface area (TPSA) is 88.4 Å². The molecule has 0 spiro atoms. The number of ketones is 1. The summed E-state index contributed by atoms with van der Waals surface area (Å²) in [5, 5.41) is 0.507. The van der Waals surface area contributed by atoms with Crippen LogP contribution in [0.25, 0.3) is 22.2 Å². The van der Waals surface area contributed by atoms with Crippen LogP contribution < -0.4 is 9.47 Å². The van der Waals surface area contributed by atoms with E-state index in [4.69, 9.17) is 30.8 Å². The molecular weight excluding hydrogens is 559 g/mol. The highest BCUT2D eigenvalue weighted by atomic mass is 35.5. The van der Waals surface area contributed by atoms with Gasteiger partial charge in [0.25, 0.3) is 5.79 Å². The minimum absolute atomic E-state index is 0.0269. The van der Waals surface area contributed by atoms with Crippen LogP contribution in [0.3, 0.4) is 0 Å². The number of benzene rings is 2. The normalized spacial score (nSPS) is 19.2. The molecule has 10 heteroatoms. The van der Waals surface area contributed by atoms with Crippen LogP contribution in [0.1, 0.15) is 47.8 Å². The lowest BCUT2D eigenvalue weighted by molar-refractivity contribution is -0.0715. The van der Waals surface area contributed by atoms with Crippen molar-refractivity contribution in [2.75, 3.05) is 6.61 Å². The summed E-state index contributed by atoms with van der Waals surface area (Å²) in [4.78, 5) is 25.7. The first kappa shape index (κ1) is 26.6. The van der Waals surface area contributed by atoms with E-state index in [1.54, 1.807) is 37.4 Å². The summed E-state index contributed by atoms with van der Waals surface area (Å²) in [7, 11) is 0. The van der Waals surface area contributed by atoms with Crippen molar-refractivity contribution in [2.24, 2.45) is 0 Å². The minimum atomic E-state index is -1.17. The Bertz CT molecular complexity index is 1850. The fourth-order valence-electron chi connectivity index (χ4n) is 5.36. The number of nitrogens with zero attached hydrogens (tertiary/aromatic N) is 4. The number of para-hydroxylation sites is 1. The molecule has 0 amide bonds. The molecule has 5 aromatic rings. The fourth-order valence-corrected chi connectivity index (χ4v) is 5.47. The number of aromatic nitrogens is 4. The third-order valence-electron chi connectivity index (χ3n) is 7.74. The summed E-state index contributed by atoms with van der Waals surface area (Å²) < 4.78 is 35.8. The lowest BCUT2D eigenvalue weighted by atomic mass is 10.0. The third kappa shape index (κ3) is 4.68. The van der Waals surface area contributed by atoms with Crippen LogP contribution in [0.4, 0.5) is 4.39 Å². The molecule has 0 aliphatic carbocycles. The molecule has 3 aromatic heterocycles. The highest BCUT2D eigenvalue weighted by Crippen LogP contribution is 2.48. The van der Waals surface area contributed by atoms with E-state index in [1.807, 2.05) is 28.8 Å². The number of carbonyl (C=O) groups is 1. The molecule has 7 rings (SSSR count). The van der Waals surface area contributed by atoms with Crippen molar-refractivity contribution in [1.29, 1.82) is 0 Å². The van der Waals surface area contributed by atoms with Crippen molar-refractivity contribution in [3.8, 4) is 22.6 Å². The molecular formula is C32H26ClFN4O4. The Morgan fingerprint density at radius 2 is 1.98 bits per heavy atom. The van der Waals surface area contributed by atoms with E-state index < -0.39 is 11.6 Å². The highest BCUT2D eigenvalue weighted by molar-refractivity contribution is 6.30. The van der Waals surface area contributed by atoms with Gasteiger partial charge in [0.2, 0.25) is 0 Å². The molecule has 1 fully saturated rings. The SMILES string of the molecule is CC(=O)c1ccc2nc(Cc3ncc(-c4cccc5c4OC(C)(c4ccc(Cl)cn4)O5)cc3F)n(C[C@@H]3CCO3)c2c1. The van der Waals surface area contributed by atoms with Crippen molar-refractivity contribution in [3.63, 3.8) is 0 Å². The van der Waals surface area contributed by atoms with Crippen LogP contribution in [-0.4, -0.2) is 38.0 Å². The van der Waals surface area contributed by atoms with Crippen molar-refractivity contribution in [1.82, 2.24) is 19.5 Å². The van der Waals surface area contributed by atoms with E-state index in [0.29, 0.717) is 51.3 Å². The molecule has 5 heterocycles. The smallest absolute Gasteiger partial charge is 0.292 e. The van der Waals surface area contributed by atoms with Crippen LogP contribution in [0.15, 0.2) is 67.0 Å². The van der Waals surface area contributed by atoms with Crippen LogP contribution in [0.5, 0.6) is 11.5 Å². The van der Waals surface area contributed by atoms with Crippen LogP contribution in [0.2, 0.25) is 5.02 Å². The Hall–Kier alpha value is -4.34. The zero-order chi connectivity index (χ0) is 29.0. The lowest BCUT2D eigenvalue weighted by Crippen LogP contribution is -2.32. The molecule has 2 aliphatic rings. The number of imidazole rings is 1. The van der Waals surface area contributed by atoms with Crippen molar-refractivity contribution >= 4 is 28.4 Å². The Labute approximate surface area is 246 Å². The summed E-state index contributed by atoms with van der Waals surface area (Å²) in [6, 6.07) is 15.8. The van der Waals surface area contributed by atoms with Crippen LogP contribution in [-0.2, 0) is 23.5 Å². The molecule has 212 valence electrons. The van der Waals surface area contributed by atoms with E-state index in [1.165, 1.54) is 19.2 Å². The molecule has 2 aliphatic heterocycles. The van der Waals surface area contributed by atoms with Gasteiger partial charge >= 0.3 is 0 Å². The zero-order valence-corrected chi connectivity index (χ0v) is 23.7. The van der Waals surface area contributed by atoms with Gasteiger partial charge in [-0.25, -0.2) is 9.37 Å². The van der Waals surface area contributed by atoms with Gasteiger partial charge in [0, 0.05) is 42.6 Å². The minimum Gasteiger partial charge on any atom is -0.443 e. The van der Waals surface area contributed by atoms with Gasteiger partial charge in [0.05, 0.1) is 40.8 Å². The molecule has 1 saturated heterocycles. The molecule has 0 radical (unpaired) electrons. The van der Waals surface area contributed by atoms with Gasteiger partial charge < -0.3 is 18.8 Å². The van der Waals surface area contributed by atoms with Gasteiger partial charge in [-0.1, -0.05) is 23.7 Å². The van der Waals surface area contributed by atoms with E-state index in [-0.39, 0.29) is 24.0 Å². The predicted molar refractivity (Wildman–Crippen MR) is 154 cm³/mol. The first-order valence-corrected chi connectivity index (χ1v) is 14.0. The second-order valence-electron chi connectivity index (χ2n) is 10.7. The molecule has 0 saturated carbocycles. The summed E-state index contributed by atoms with van der Waals surface area (Å²) in [6.07, 6.45) is 4.33. The molecule has 2 atom stereocenters. The Kier molecular flexibility index (Phi) is 6.44.